The van der Waals surface area contributed by atoms with Gasteiger partial charge in [0.05, 0.1) is 35.1 Å². The van der Waals surface area contributed by atoms with Gasteiger partial charge in [0.1, 0.15) is 34.5 Å². The zero-order valence-electron chi connectivity index (χ0n) is 33.6. The van der Waals surface area contributed by atoms with Crippen LogP contribution in [0.5, 0.6) is 11.5 Å². The van der Waals surface area contributed by atoms with E-state index in [2.05, 4.69) is 35.6 Å². The molecule has 13 heteroatoms. The van der Waals surface area contributed by atoms with Crippen LogP contribution in [-0.4, -0.2) is 79.1 Å². The average Bonchev–Trinajstić information content (AvgIpc) is 3.89. The van der Waals surface area contributed by atoms with Crippen LogP contribution in [0.2, 0.25) is 5.02 Å². The third kappa shape index (κ3) is 6.53. The Labute approximate surface area is 342 Å². The van der Waals surface area contributed by atoms with Gasteiger partial charge in [0, 0.05) is 65.9 Å². The highest BCUT2D eigenvalue weighted by Crippen LogP contribution is 2.46. The highest BCUT2D eigenvalue weighted by molar-refractivity contribution is 6.32. The Bertz CT molecular complexity index is 2580. The number of alkyl halides is 1. The molecule has 1 fully saturated rings. The van der Waals surface area contributed by atoms with Crippen LogP contribution in [0.15, 0.2) is 48.5 Å². The van der Waals surface area contributed by atoms with Gasteiger partial charge in [-0.2, -0.15) is 5.10 Å². The maximum Gasteiger partial charge on any atom is 0.352 e. The molecule has 5 heterocycles. The van der Waals surface area contributed by atoms with Gasteiger partial charge in [-0.1, -0.05) is 41.4 Å². The Morgan fingerprint density at radius 2 is 1.74 bits per heavy atom. The summed E-state index contributed by atoms with van der Waals surface area (Å²) in [6.45, 7) is 12.1. The van der Waals surface area contributed by atoms with Gasteiger partial charge in [-0.25, -0.2) is 4.79 Å². The lowest BCUT2D eigenvalue weighted by Gasteiger charge is -2.39. The molecule has 2 aliphatic heterocycles. The molecule has 8 rings (SSSR count). The van der Waals surface area contributed by atoms with Crippen LogP contribution in [0, 0.1) is 27.7 Å². The molecule has 11 nitrogen and oxygen atoms in total. The predicted molar refractivity (Wildman–Crippen MR) is 226 cm³/mol. The van der Waals surface area contributed by atoms with E-state index < -0.39 is 17.5 Å². The van der Waals surface area contributed by atoms with Crippen molar-refractivity contribution in [3.05, 3.63) is 93.0 Å². The Balaban J connectivity index is 1.28. The topological polar surface area (TPSA) is 107 Å². The van der Waals surface area contributed by atoms with Crippen molar-refractivity contribution in [2.24, 2.45) is 14.1 Å². The van der Waals surface area contributed by atoms with Crippen LogP contribution in [0.25, 0.3) is 32.9 Å². The predicted octanol–water partition coefficient (Wildman–Crippen LogP) is 9.00. The van der Waals surface area contributed by atoms with E-state index in [-0.39, 0.29) is 17.7 Å². The highest BCUT2D eigenvalue weighted by atomic mass is 35.5. The summed E-state index contributed by atoms with van der Waals surface area (Å²) in [6.07, 6.45) is 2.01. The van der Waals surface area contributed by atoms with Crippen molar-refractivity contribution in [3.63, 3.8) is 0 Å². The van der Waals surface area contributed by atoms with Crippen LogP contribution < -0.4 is 14.4 Å². The molecular formula is C44H48Cl2N6O5. The maximum absolute atomic E-state index is 15.5. The zero-order chi connectivity index (χ0) is 40.6. The molecular weight excluding hydrogens is 763 g/mol. The van der Waals surface area contributed by atoms with Crippen LogP contribution >= 0.6 is 23.2 Å². The van der Waals surface area contributed by atoms with Crippen molar-refractivity contribution in [3.8, 4) is 22.6 Å². The number of aromatic nitrogens is 4. The maximum atomic E-state index is 15.5. The molecule has 0 aliphatic carbocycles. The number of ether oxygens (including phenoxy) is 2. The first kappa shape index (κ1) is 38.9. The number of aromatic carboxylic acids is 1. The zero-order valence-corrected chi connectivity index (χ0v) is 35.1. The van der Waals surface area contributed by atoms with Crippen LogP contribution in [-0.2, 0) is 20.5 Å². The van der Waals surface area contributed by atoms with Crippen LogP contribution in [0.1, 0.15) is 74.9 Å². The number of para-hydroxylation sites is 1. The number of fused-ring (bicyclic) bond motifs is 4. The number of hydrogen-bond acceptors (Lipinski definition) is 6. The van der Waals surface area contributed by atoms with Crippen LogP contribution in [0.3, 0.4) is 0 Å². The molecule has 3 aromatic carbocycles. The summed E-state index contributed by atoms with van der Waals surface area (Å²) in [7, 11) is 5.71. The third-order valence-corrected chi connectivity index (χ3v) is 13.0. The molecule has 1 amide bonds. The van der Waals surface area contributed by atoms with E-state index in [1.54, 1.807) is 22.6 Å². The molecule has 0 spiro atoms. The third-order valence-electron chi connectivity index (χ3n) is 11.8. The Kier molecular flexibility index (Phi) is 10.1. The number of likely N-dealkylation sites (tertiary alicyclic amines) is 1. The Hall–Kier alpha value is -4.97. The fourth-order valence-corrected chi connectivity index (χ4v) is 9.43. The van der Waals surface area contributed by atoms with E-state index in [1.165, 1.54) is 0 Å². The molecule has 0 bridgehead atoms. The summed E-state index contributed by atoms with van der Waals surface area (Å²) >= 11 is 14.0. The number of rotatable bonds is 10. The van der Waals surface area contributed by atoms with Gasteiger partial charge in [0.25, 0.3) is 5.91 Å². The van der Waals surface area contributed by atoms with E-state index in [0.717, 1.165) is 80.4 Å². The smallest absolute Gasteiger partial charge is 0.352 e. The van der Waals surface area contributed by atoms with Crippen molar-refractivity contribution in [2.45, 2.75) is 71.5 Å². The Morgan fingerprint density at radius 3 is 2.39 bits per heavy atom. The number of nitrogens with zero attached hydrogens (tertiary/aromatic N) is 6. The van der Waals surface area contributed by atoms with E-state index in [9.17, 15) is 9.90 Å². The van der Waals surface area contributed by atoms with Gasteiger partial charge in [0.15, 0.2) is 0 Å². The molecule has 1 saturated heterocycles. The number of carbonyl (C=O) groups is 2. The molecule has 3 atom stereocenters. The summed E-state index contributed by atoms with van der Waals surface area (Å²) in [4.78, 5) is 31.8. The van der Waals surface area contributed by atoms with Gasteiger partial charge >= 0.3 is 5.97 Å². The molecule has 2 unspecified atom stereocenters. The van der Waals surface area contributed by atoms with Crippen molar-refractivity contribution in [1.82, 2.24) is 23.8 Å². The average molecular weight is 812 g/mol. The van der Waals surface area contributed by atoms with Gasteiger partial charge in [-0.05, 0) is 102 Å². The molecule has 57 heavy (non-hydrogen) atoms. The first-order chi connectivity index (χ1) is 27.2. The first-order valence-corrected chi connectivity index (χ1v) is 20.2. The standard InChI is InChI=1S/C44H48Cl2N6O5/c1-23-17-30(18-24(2)38(23)45)56-16-10-13-33-32-11-9-12-34(37-25(3)47-50(8)26(37)4)40(32)51-27(5)42(46)52(43(53)41(33)51)35-21-31(57-29-14-15-48(6)22-29)19-28-20-36(44(54)55)49(7)39(28)35/h9,11-12,17-21,27,29,42H,10,13-16,22H2,1-8H3,(H,54,55)/t27?,29?,42-/m0/s1. The Morgan fingerprint density at radius 1 is 1.00 bits per heavy atom. The summed E-state index contributed by atoms with van der Waals surface area (Å²) < 4.78 is 18.4. The monoisotopic (exact) mass is 810 g/mol. The number of hydrogen-bond donors (Lipinski definition) is 1. The number of carboxylic acids is 1. The van der Waals surface area contributed by atoms with Crippen molar-refractivity contribution < 1.29 is 24.2 Å². The van der Waals surface area contributed by atoms with Gasteiger partial charge in [0.2, 0.25) is 0 Å². The van der Waals surface area contributed by atoms with E-state index in [0.29, 0.717) is 47.5 Å². The summed E-state index contributed by atoms with van der Waals surface area (Å²) in [6, 6.07) is 15.1. The minimum atomic E-state index is -1.07. The van der Waals surface area contributed by atoms with Crippen molar-refractivity contribution in [1.29, 1.82) is 0 Å². The lowest BCUT2D eigenvalue weighted by atomic mass is 9.98. The molecule has 3 aromatic heterocycles. The van der Waals surface area contributed by atoms with Crippen molar-refractivity contribution >= 4 is 62.6 Å². The summed E-state index contributed by atoms with van der Waals surface area (Å²) in [5.74, 6) is -0.0256. The number of carbonyl (C=O) groups excluding carboxylic acids is 1. The molecule has 298 valence electrons. The first-order valence-electron chi connectivity index (χ1n) is 19.4. The second kappa shape index (κ2) is 14.8. The SMILES string of the molecule is Cc1cc(OCCCc2c3n(c4c(-c5c(C)nn(C)c5C)cccc24)C(C)[C@@H](Cl)N(c2cc(OC4CCN(C)C4)cc4cc(C(=O)O)n(C)c24)C3=O)cc(C)c1Cl. The summed E-state index contributed by atoms with van der Waals surface area (Å²) in [5, 5.41) is 17.3. The quantitative estimate of drug-likeness (QED) is 0.0837. The number of amides is 1. The highest BCUT2D eigenvalue weighted by Gasteiger charge is 2.43. The normalized spacial score (nSPS) is 18.6. The molecule has 0 radical (unpaired) electrons. The molecule has 6 aromatic rings. The second-order valence-corrected chi connectivity index (χ2v) is 16.6. The summed E-state index contributed by atoms with van der Waals surface area (Å²) in [5.41, 5.74) is 8.55. The number of benzene rings is 3. The number of anilines is 1. The largest absolute Gasteiger partial charge is 0.494 e. The lowest BCUT2D eigenvalue weighted by molar-refractivity contribution is 0.0687. The lowest BCUT2D eigenvalue weighted by Crippen LogP contribution is -2.48. The second-order valence-electron chi connectivity index (χ2n) is 15.7. The fraction of sp³-hybridized carbons (Fsp3) is 0.386. The number of likely N-dealkylation sites (N-methyl/N-ethyl adjacent to an activating group) is 1. The molecule has 2 aliphatic rings. The minimum absolute atomic E-state index is 0.0411. The molecule has 1 N–H and O–H groups in total. The number of halogens is 2. The van der Waals surface area contributed by atoms with Crippen molar-refractivity contribution in [2.75, 3.05) is 31.6 Å². The van der Waals surface area contributed by atoms with E-state index >= 15 is 4.79 Å². The number of carboxylic acid groups (broad SMARTS) is 1. The van der Waals surface area contributed by atoms with E-state index in [4.69, 9.17) is 37.8 Å². The van der Waals surface area contributed by atoms with Gasteiger partial charge in [-0.3, -0.25) is 14.4 Å². The van der Waals surface area contributed by atoms with Gasteiger partial charge in [-0.15, -0.1) is 0 Å². The van der Waals surface area contributed by atoms with Crippen LogP contribution in [0.4, 0.5) is 5.69 Å². The van der Waals surface area contributed by atoms with E-state index in [1.807, 2.05) is 69.8 Å². The number of aryl methyl sites for hydroxylation is 6. The minimum Gasteiger partial charge on any atom is -0.494 e. The van der Waals surface area contributed by atoms with Gasteiger partial charge < -0.3 is 28.6 Å². The fourth-order valence-electron chi connectivity index (χ4n) is 9.02. The molecule has 0 saturated carbocycles.